The van der Waals surface area contributed by atoms with Crippen molar-refractivity contribution in [2.75, 3.05) is 25.5 Å². The van der Waals surface area contributed by atoms with Crippen LogP contribution in [0.2, 0.25) is 0 Å². The average molecular weight is 436 g/mol. The van der Waals surface area contributed by atoms with Crippen LogP contribution in [0, 0.1) is 0 Å². The number of pyridine rings is 1. The van der Waals surface area contributed by atoms with Gasteiger partial charge >= 0.3 is 12.2 Å². The van der Waals surface area contributed by atoms with Gasteiger partial charge in [0.2, 0.25) is 5.91 Å². The highest BCUT2D eigenvalue weighted by Gasteiger charge is 2.33. The molecule has 1 aliphatic rings. The quantitative estimate of drug-likeness (QED) is 0.767. The lowest BCUT2D eigenvalue weighted by Crippen LogP contribution is -2.53. The first-order valence-corrected chi connectivity index (χ1v) is 9.67. The molecule has 7 nitrogen and oxygen atoms in total. The standard InChI is InChI=1S/C21H23F3N4O3/c1-13(29)28-10-9-17(14-3-6-16(31-2)7-4-14)18(12-28)27-20(30)26-15-5-8-19(25-11-15)21(22,23)24/h3-8,11,17-18H,9-10,12H2,1-2H3,(H2,26,27,30). The molecule has 3 rings (SSSR count). The summed E-state index contributed by atoms with van der Waals surface area (Å²) in [5.41, 5.74) is 0.0821. The summed E-state index contributed by atoms with van der Waals surface area (Å²) >= 11 is 0. The summed E-state index contributed by atoms with van der Waals surface area (Å²) in [4.78, 5) is 29.4. The summed E-state index contributed by atoms with van der Waals surface area (Å²) in [6.45, 7) is 2.36. The average Bonchev–Trinajstić information content (AvgIpc) is 2.73. The number of nitrogens with one attached hydrogen (secondary N) is 2. The van der Waals surface area contributed by atoms with Gasteiger partial charge in [-0.3, -0.25) is 4.79 Å². The van der Waals surface area contributed by atoms with Crippen LogP contribution >= 0.6 is 0 Å². The molecule has 1 aromatic carbocycles. The first-order valence-electron chi connectivity index (χ1n) is 9.67. The number of hydrogen-bond donors (Lipinski definition) is 2. The number of likely N-dealkylation sites (tertiary alicyclic amines) is 1. The summed E-state index contributed by atoms with van der Waals surface area (Å²) < 4.78 is 43.1. The van der Waals surface area contributed by atoms with Crippen LogP contribution < -0.4 is 15.4 Å². The number of hydrogen-bond acceptors (Lipinski definition) is 4. The summed E-state index contributed by atoms with van der Waals surface area (Å²) in [5, 5.41) is 5.35. The third-order valence-corrected chi connectivity index (χ3v) is 5.23. The smallest absolute Gasteiger partial charge is 0.433 e. The highest BCUT2D eigenvalue weighted by molar-refractivity contribution is 5.89. The highest BCUT2D eigenvalue weighted by atomic mass is 19.4. The Morgan fingerprint density at radius 2 is 1.87 bits per heavy atom. The lowest BCUT2D eigenvalue weighted by molar-refractivity contribution is -0.141. The number of urea groups is 1. The van der Waals surface area contributed by atoms with Crippen LogP contribution in [0.25, 0.3) is 0 Å². The van der Waals surface area contributed by atoms with E-state index in [1.165, 1.54) is 6.92 Å². The summed E-state index contributed by atoms with van der Waals surface area (Å²) in [7, 11) is 1.57. The normalized spacial score (nSPS) is 18.9. The van der Waals surface area contributed by atoms with Gasteiger partial charge < -0.3 is 20.3 Å². The van der Waals surface area contributed by atoms with Crippen LogP contribution in [-0.2, 0) is 11.0 Å². The largest absolute Gasteiger partial charge is 0.497 e. The number of halogens is 3. The number of ether oxygens (including phenoxy) is 1. The second-order valence-electron chi connectivity index (χ2n) is 7.27. The van der Waals surface area contributed by atoms with Gasteiger partial charge in [-0.1, -0.05) is 12.1 Å². The van der Waals surface area contributed by atoms with E-state index in [1.807, 2.05) is 24.3 Å². The maximum atomic E-state index is 12.6. The SMILES string of the molecule is COc1ccc(C2CCN(C(C)=O)CC2NC(=O)Nc2ccc(C(F)(F)F)nc2)cc1. The van der Waals surface area contributed by atoms with E-state index in [-0.39, 0.29) is 23.6 Å². The molecule has 2 unspecified atom stereocenters. The van der Waals surface area contributed by atoms with Gasteiger partial charge in [0.15, 0.2) is 0 Å². The van der Waals surface area contributed by atoms with Crippen LogP contribution in [-0.4, -0.2) is 48.1 Å². The molecule has 1 fully saturated rings. The first-order chi connectivity index (χ1) is 14.7. The number of nitrogens with zero attached hydrogens (tertiary/aromatic N) is 2. The predicted octanol–water partition coefficient (Wildman–Crippen LogP) is 3.64. The van der Waals surface area contributed by atoms with Crippen molar-refractivity contribution in [1.29, 1.82) is 0 Å². The van der Waals surface area contributed by atoms with Crippen LogP contribution in [0.5, 0.6) is 5.75 Å². The Hall–Kier alpha value is -3.30. The molecule has 0 aliphatic carbocycles. The Morgan fingerprint density at radius 3 is 2.42 bits per heavy atom. The molecule has 0 bridgehead atoms. The Balaban J connectivity index is 1.72. The second kappa shape index (κ2) is 9.23. The molecule has 1 saturated heterocycles. The lowest BCUT2D eigenvalue weighted by atomic mass is 9.85. The van der Waals surface area contributed by atoms with Crippen LogP contribution in [0.4, 0.5) is 23.7 Å². The predicted molar refractivity (Wildman–Crippen MR) is 108 cm³/mol. The Kier molecular flexibility index (Phi) is 6.67. The second-order valence-corrected chi connectivity index (χ2v) is 7.27. The maximum Gasteiger partial charge on any atom is 0.433 e. The number of benzene rings is 1. The van der Waals surface area contributed by atoms with Crippen molar-refractivity contribution in [3.8, 4) is 5.75 Å². The van der Waals surface area contributed by atoms with Gasteiger partial charge in [0.05, 0.1) is 25.0 Å². The molecule has 0 radical (unpaired) electrons. The molecule has 0 saturated carbocycles. The summed E-state index contributed by atoms with van der Waals surface area (Å²) in [5.74, 6) is 0.576. The van der Waals surface area contributed by atoms with E-state index in [9.17, 15) is 22.8 Å². The fraction of sp³-hybridized carbons (Fsp3) is 0.381. The van der Waals surface area contributed by atoms with Crippen molar-refractivity contribution in [2.45, 2.75) is 31.5 Å². The molecule has 31 heavy (non-hydrogen) atoms. The monoisotopic (exact) mass is 436 g/mol. The molecule has 1 aromatic heterocycles. The summed E-state index contributed by atoms with van der Waals surface area (Å²) in [6, 6.07) is 8.46. The number of anilines is 1. The molecular formula is C21H23F3N4O3. The van der Waals surface area contributed by atoms with E-state index in [4.69, 9.17) is 4.74 Å². The van der Waals surface area contributed by atoms with Crippen LogP contribution in [0.3, 0.4) is 0 Å². The zero-order valence-electron chi connectivity index (χ0n) is 17.1. The fourth-order valence-electron chi connectivity index (χ4n) is 3.61. The zero-order valence-corrected chi connectivity index (χ0v) is 17.1. The van der Waals surface area contributed by atoms with E-state index < -0.39 is 17.9 Å². The van der Waals surface area contributed by atoms with Crippen LogP contribution in [0.15, 0.2) is 42.6 Å². The Bertz CT molecular complexity index is 917. The van der Waals surface area contributed by atoms with E-state index in [2.05, 4.69) is 15.6 Å². The van der Waals surface area contributed by atoms with Crippen molar-refractivity contribution >= 4 is 17.6 Å². The van der Waals surface area contributed by atoms with E-state index in [0.717, 1.165) is 23.9 Å². The number of carbonyl (C=O) groups is 2. The van der Waals surface area contributed by atoms with Crippen molar-refractivity contribution in [3.63, 3.8) is 0 Å². The Morgan fingerprint density at radius 1 is 1.16 bits per heavy atom. The van der Waals surface area contributed by atoms with E-state index >= 15 is 0 Å². The molecule has 10 heteroatoms. The number of alkyl halides is 3. The molecule has 2 heterocycles. The number of rotatable bonds is 4. The van der Waals surface area contributed by atoms with Crippen molar-refractivity contribution in [1.82, 2.24) is 15.2 Å². The van der Waals surface area contributed by atoms with Gasteiger partial charge in [0.25, 0.3) is 0 Å². The van der Waals surface area contributed by atoms with Gasteiger partial charge in [-0.2, -0.15) is 13.2 Å². The maximum absolute atomic E-state index is 12.6. The van der Waals surface area contributed by atoms with Gasteiger partial charge in [-0.15, -0.1) is 0 Å². The molecular weight excluding hydrogens is 413 g/mol. The molecule has 2 atom stereocenters. The topological polar surface area (TPSA) is 83.6 Å². The molecule has 3 amide bonds. The summed E-state index contributed by atoms with van der Waals surface area (Å²) in [6.07, 6.45) is -2.95. The fourth-order valence-corrected chi connectivity index (χ4v) is 3.61. The number of piperidine rings is 1. The molecule has 2 aromatic rings. The number of amides is 3. The minimum atomic E-state index is -4.55. The van der Waals surface area contributed by atoms with Gasteiger partial charge in [0.1, 0.15) is 11.4 Å². The minimum absolute atomic E-state index is 0.0435. The zero-order chi connectivity index (χ0) is 22.6. The minimum Gasteiger partial charge on any atom is -0.497 e. The highest BCUT2D eigenvalue weighted by Crippen LogP contribution is 2.30. The Labute approximate surface area is 177 Å². The van der Waals surface area contributed by atoms with E-state index in [0.29, 0.717) is 25.3 Å². The van der Waals surface area contributed by atoms with Crippen LogP contribution in [0.1, 0.15) is 30.5 Å². The van der Waals surface area contributed by atoms with Crippen molar-refractivity contribution in [3.05, 3.63) is 53.9 Å². The molecule has 2 N–H and O–H groups in total. The van der Waals surface area contributed by atoms with E-state index in [1.54, 1.807) is 12.0 Å². The third kappa shape index (κ3) is 5.65. The van der Waals surface area contributed by atoms with Crippen molar-refractivity contribution < 1.29 is 27.5 Å². The van der Waals surface area contributed by atoms with Gasteiger partial charge in [-0.25, -0.2) is 9.78 Å². The molecule has 166 valence electrons. The third-order valence-electron chi connectivity index (χ3n) is 5.23. The van der Waals surface area contributed by atoms with Gasteiger partial charge in [0, 0.05) is 25.9 Å². The lowest BCUT2D eigenvalue weighted by Gasteiger charge is -2.38. The number of aromatic nitrogens is 1. The first kappa shape index (κ1) is 22.4. The number of carbonyl (C=O) groups excluding carboxylic acids is 2. The van der Waals surface area contributed by atoms with Gasteiger partial charge in [-0.05, 0) is 36.2 Å². The molecule has 0 spiro atoms. The van der Waals surface area contributed by atoms with Crippen molar-refractivity contribution in [2.24, 2.45) is 0 Å². The number of methoxy groups -OCH3 is 1. The molecule has 1 aliphatic heterocycles.